The van der Waals surface area contributed by atoms with Crippen LogP contribution in [0, 0.1) is 6.92 Å². The van der Waals surface area contributed by atoms with E-state index in [1.54, 1.807) is 12.1 Å². The molecule has 0 amide bonds. The highest BCUT2D eigenvalue weighted by Gasteiger charge is 2.17. The van der Waals surface area contributed by atoms with Crippen molar-refractivity contribution >= 4 is 26.7 Å². The third kappa shape index (κ3) is 1.99. The van der Waals surface area contributed by atoms with Gasteiger partial charge in [0.05, 0.1) is 17.5 Å². The molecule has 0 spiro atoms. The summed E-state index contributed by atoms with van der Waals surface area (Å²) in [6, 6.07) is 4.75. The van der Waals surface area contributed by atoms with E-state index in [1.807, 2.05) is 6.92 Å². The van der Waals surface area contributed by atoms with Crippen LogP contribution < -0.4 is 0 Å². The number of aryl methyl sites for hydroxylation is 1. The standard InChI is InChI=1S/C12H13NO4S/c1-7-4-5-10(18(3,15)16)8-6-9(12(14)17-2)13-11(7)8/h4-6,13H,1-3H3. The number of sulfone groups is 1. The lowest BCUT2D eigenvalue weighted by Crippen LogP contribution is -2.00. The highest BCUT2D eigenvalue weighted by molar-refractivity contribution is 7.91. The first kappa shape index (κ1) is 12.6. The number of carbonyl (C=O) groups is 1. The maximum Gasteiger partial charge on any atom is 0.354 e. The monoisotopic (exact) mass is 267 g/mol. The lowest BCUT2D eigenvalue weighted by Gasteiger charge is -2.02. The molecule has 6 heteroatoms. The molecule has 2 rings (SSSR count). The van der Waals surface area contributed by atoms with Crippen LogP contribution >= 0.6 is 0 Å². The molecule has 0 saturated carbocycles. The van der Waals surface area contributed by atoms with Crippen molar-refractivity contribution < 1.29 is 17.9 Å². The maximum absolute atomic E-state index is 11.7. The Morgan fingerprint density at radius 1 is 1.33 bits per heavy atom. The lowest BCUT2D eigenvalue weighted by molar-refractivity contribution is 0.0595. The number of hydrogen-bond donors (Lipinski definition) is 1. The molecular formula is C12H13NO4S. The quantitative estimate of drug-likeness (QED) is 0.840. The number of aromatic amines is 1. The molecular weight excluding hydrogens is 254 g/mol. The summed E-state index contributed by atoms with van der Waals surface area (Å²) in [7, 11) is -2.06. The van der Waals surface area contributed by atoms with Gasteiger partial charge in [-0.25, -0.2) is 13.2 Å². The van der Waals surface area contributed by atoms with Gasteiger partial charge < -0.3 is 9.72 Å². The number of aromatic nitrogens is 1. The second kappa shape index (κ2) is 4.13. The molecule has 1 aromatic heterocycles. The van der Waals surface area contributed by atoms with Crippen LogP contribution in [0.5, 0.6) is 0 Å². The third-order valence-electron chi connectivity index (χ3n) is 2.77. The molecule has 1 heterocycles. The van der Waals surface area contributed by atoms with Crippen LogP contribution in [0.2, 0.25) is 0 Å². The van der Waals surface area contributed by atoms with Gasteiger partial charge >= 0.3 is 5.97 Å². The number of esters is 1. The summed E-state index contributed by atoms with van der Waals surface area (Å²) in [6.45, 7) is 1.84. The number of carbonyl (C=O) groups excluding carboxylic acids is 1. The number of benzene rings is 1. The van der Waals surface area contributed by atoms with Gasteiger partial charge in [-0.05, 0) is 24.6 Å². The number of fused-ring (bicyclic) bond motifs is 1. The lowest BCUT2D eigenvalue weighted by atomic mass is 10.2. The zero-order valence-corrected chi connectivity index (χ0v) is 11.1. The van der Waals surface area contributed by atoms with Crippen molar-refractivity contribution in [2.75, 3.05) is 13.4 Å². The molecule has 1 N–H and O–H groups in total. The van der Waals surface area contributed by atoms with Gasteiger partial charge in [-0.2, -0.15) is 0 Å². The summed E-state index contributed by atoms with van der Waals surface area (Å²) in [5.41, 5.74) is 1.75. The van der Waals surface area contributed by atoms with Crippen LogP contribution in [0.15, 0.2) is 23.1 Å². The Bertz CT molecular complexity index is 728. The largest absolute Gasteiger partial charge is 0.464 e. The van der Waals surface area contributed by atoms with Crippen LogP contribution in [-0.2, 0) is 14.6 Å². The second-order valence-electron chi connectivity index (χ2n) is 4.12. The topological polar surface area (TPSA) is 76.2 Å². The second-order valence-corrected chi connectivity index (χ2v) is 6.10. The van der Waals surface area contributed by atoms with Gasteiger partial charge in [-0.3, -0.25) is 0 Å². The van der Waals surface area contributed by atoms with Gasteiger partial charge in [-0.1, -0.05) is 6.07 Å². The Hall–Kier alpha value is -1.82. The molecule has 0 fully saturated rings. The SMILES string of the molecule is COC(=O)c1cc2c(S(C)(=O)=O)ccc(C)c2[nH]1. The van der Waals surface area contributed by atoms with E-state index >= 15 is 0 Å². The molecule has 0 atom stereocenters. The van der Waals surface area contributed by atoms with Crippen molar-refractivity contribution in [2.24, 2.45) is 0 Å². The summed E-state index contributed by atoms with van der Waals surface area (Å²) in [5.74, 6) is -0.523. The fourth-order valence-electron chi connectivity index (χ4n) is 1.88. The van der Waals surface area contributed by atoms with Gasteiger partial charge in [0.15, 0.2) is 9.84 Å². The van der Waals surface area contributed by atoms with Crippen molar-refractivity contribution in [1.29, 1.82) is 0 Å². The van der Waals surface area contributed by atoms with Crippen molar-refractivity contribution in [3.05, 3.63) is 29.5 Å². The summed E-state index contributed by atoms with van der Waals surface area (Å²) in [4.78, 5) is 14.5. The van der Waals surface area contributed by atoms with Crippen LogP contribution in [0.1, 0.15) is 16.1 Å². The molecule has 5 nitrogen and oxygen atoms in total. The van der Waals surface area contributed by atoms with Crippen LogP contribution in [0.3, 0.4) is 0 Å². The summed E-state index contributed by atoms with van der Waals surface area (Å²) in [5, 5.41) is 0.512. The van der Waals surface area contributed by atoms with Gasteiger partial charge in [-0.15, -0.1) is 0 Å². The third-order valence-corrected chi connectivity index (χ3v) is 3.92. The predicted octanol–water partition coefficient (Wildman–Crippen LogP) is 1.67. The Morgan fingerprint density at radius 3 is 2.56 bits per heavy atom. The maximum atomic E-state index is 11.7. The normalized spacial score (nSPS) is 11.7. The number of ether oxygens (including phenoxy) is 1. The first-order chi connectivity index (χ1) is 8.34. The van der Waals surface area contributed by atoms with Crippen LogP contribution in [0.25, 0.3) is 10.9 Å². The van der Waals surface area contributed by atoms with E-state index < -0.39 is 15.8 Å². The number of rotatable bonds is 2. The highest BCUT2D eigenvalue weighted by Crippen LogP contribution is 2.26. The fraction of sp³-hybridized carbons (Fsp3) is 0.250. The number of methoxy groups -OCH3 is 1. The average molecular weight is 267 g/mol. The van der Waals surface area contributed by atoms with Crippen LogP contribution in [0.4, 0.5) is 0 Å². The van der Waals surface area contributed by atoms with E-state index in [0.717, 1.165) is 11.8 Å². The molecule has 0 aliphatic carbocycles. The minimum absolute atomic E-state index is 0.203. The molecule has 1 aromatic carbocycles. The molecule has 0 radical (unpaired) electrons. The number of nitrogens with one attached hydrogen (secondary N) is 1. The van der Waals surface area contributed by atoms with Crippen LogP contribution in [-0.4, -0.2) is 32.7 Å². The van der Waals surface area contributed by atoms with Crippen molar-refractivity contribution in [3.8, 4) is 0 Å². The molecule has 96 valence electrons. The number of H-pyrrole nitrogens is 1. The van der Waals surface area contributed by atoms with E-state index in [9.17, 15) is 13.2 Å². The average Bonchev–Trinajstić information content (AvgIpc) is 2.72. The zero-order valence-electron chi connectivity index (χ0n) is 10.3. The summed E-state index contributed by atoms with van der Waals surface area (Å²) in [6.07, 6.45) is 1.14. The van der Waals surface area contributed by atoms with Crippen molar-refractivity contribution in [1.82, 2.24) is 4.98 Å². The first-order valence-electron chi connectivity index (χ1n) is 5.25. The summed E-state index contributed by atoms with van der Waals surface area (Å²) < 4.78 is 28.0. The fourth-order valence-corrected chi connectivity index (χ4v) is 2.75. The predicted molar refractivity (Wildman–Crippen MR) is 67.5 cm³/mol. The van der Waals surface area contributed by atoms with E-state index in [1.165, 1.54) is 13.2 Å². The molecule has 0 aliphatic rings. The Labute approximate surface area is 105 Å². The minimum atomic E-state index is -3.34. The van der Waals surface area contributed by atoms with Gasteiger partial charge in [0.1, 0.15) is 5.69 Å². The Morgan fingerprint density at radius 2 is 2.00 bits per heavy atom. The van der Waals surface area contributed by atoms with E-state index in [2.05, 4.69) is 9.72 Å². The zero-order chi connectivity index (χ0) is 13.5. The minimum Gasteiger partial charge on any atom is -0.464 e. The molecule has 0 unspecified atom stereocenters. The molecule has 18 heavy (non-hydrogen) atoms. The van der Waals surface area contributed by atoms with E-state index in [4.69, 9.17) is 0 Å². The smallest absolute Gasteiger partial charge is 0.354 e. The van der Waals surface area contributed by atoms with Gasteiger partial charge in [0.2, 0.25) is 0 Å². The molecule has 2 aromatic rings. The van der Waals surface area contributed by atoms with Gasteiger partial charge in [0, 0.05) is 11.6 Å². The van der Waals surface area contributed by atoms with E-state index in [-0.39, 0.29) is 10.6 Å². The summed E-state index contributed by atoms with van der Waals surface area (Å²) >= 11 is 0. The molecule has 0 bridgehead atoms. The van der Waals surface area contributed by atoms with Gasteiger partial charge in [0.25, 0.3) is 0 Å². The van der Waals surface area contributed by atoms with Crippen molar-refractivity contribution in [3.63, 3.8) is 0 Å². The highest BCUT2D eigenvalue weighted by atomic mass is 32.2. The van der Waals surface area contributed by atoms with Crippen molar-refractivity contribution in [2.45, 2.75) is 11.8 Å². The Kier molecular flexibility index (Phi) is 2.90. The first-order valence-corrected chi connectivity index (χ1v) is 7.14. The Balaban J connectivity index is 2.82. The molecule has 0 saturated heterocycles. The molecule has 0 aliphatic heterocycles. The van der Waals surface area contributed by atoms with E-state index in [0.29, 0.717) is 10.9 Å². The number of hydrogen-bond acceptors (Lipinski definition) is 4.